The average molecular weight is 518 g/mol. The fourth-order valence-electron chi connectivity index (χ4n) is 4.81. The molecule has 5 nitrogen and oxygen atoms in total. The van der Waals surface area contributed by atoms with Crippen LogP contribution in [0.3, 0.4) is 0 Å². The molecule has 0 atom stereocenters. The first kappa shape index (κ1) is 26.2. The lowest BCUT2D eigenvalue weighted by atomic mass is 10.0. The average Bonchev–Trinajstić information content (AvgIpc) is 3.34. The molecular weight excluding hydrogens is 482 g/mol. The molecule has 1 amide bonds. The molecule has 0 saturated heterocycles. The number of amides is 1. The summed E-state index contributed by atoms with van der Waals surface area (Å²) in [6.07, 6.45) is 3.00. The van der Waals surface area contributed by atoms with Gasteiger partial charge >= 0.3 is 0 Å². The molecule has 39 heavy (non-hydrogen) atoms. The Hall–Kier alpha value is -4.38. The molecule has 0 aliphatic rings. The summed E-state index contributed by atoms with van der Waals surface area (Å²) in [6, 6.07) is 35.0. The van der Waals surface area contributed by atoms with Crippen molar-refractivity contribution in [2.45, 2.75) is 39.2 Å². The van der Waals surface area contributed by atoms with Crippen molar-refractivity contribution in [2.24, 2.45) is 0 Å². The Morgan fingerprint density at radius 1 is 0.821 bits per heavy atom. The van der Waals surface area contributed by atoms with E-state index in [1.807, 2.05) is 60.7 Å². The summed E-state index contributed by atoms with van der Waals surface area (Å²) >= 11 is 0. The van der Waals surface area contributed by atoms with Gasteiger partial charge in [0.15, 0.2) is 0 Å². The third-order valence-corrected chi connectivity index (χ3v) is 6.97. The van der Waals surface area contributed by atoms with E-state index in [4.69, 9.17) is 9.72 Å². The summed E-state index contributed by atoms with van der Waals surface area (Å²) < 4.78 is 8.27. The van der Waals surface area contributed by atoms with Gasteiger partial charge in [-0.3, -0.25) is 4.79 Å². The predicted octanol–water partition coefficient (Wildman–Crippen LogP) is 6.64. The zero-order valence-electron chi connectivity index (χ0n) is 22.5. The van der Waals surface area contributed by atoms with E-state index in [2.05, 4.69) is 59.3 Å². The Balaban J connectivity index is 1.12. The lowest BCUT2D eigenvalue weighted by Gasteiger charge is -2.12. The fourth-order valence-corrected chi connectivity index (χ4v) is 4.81. The molecule has 1 N–H and O–H groups in total. The van der Waals surface area contributed by atoms with E-state index in [9.17, 15) is 4.79 Å². The topological polar surface area (TPSA) is 56.1 Å². The number of hydrogen-bond donors (Lipinski definition) is 1. The molecule has 0 unspecified atom stereocenters. The zero-order chi connectivity index (χ0) is 26.9. The molecule has 0 saturated carbocycles. The van der Waals surface area contributed by atoms with Gasteiger partial charge in [0, 0.05) is 13.0 Å². The van der Waals surface area contributed by atoms with E-state index in [0.29, 0.717) is 19.6 Å². The Labute approximate surface area is 230 Å². The molecular formula is C34H35N3O2. The Bertz CT molecular complexity index is 1490. The number of ether oxygens (including phenoxy) is 1. The van der Waals surface area contributed by atoms with Crippen molar-refractivity contribution >= 4 is 16.9 Å². The molecule has 0 radical (unpaired) electrons. The smallest absolute Gasteiger partial charge is 0.224 e. The molecule has 0 spiro atoms. The molecule has 5 heteroatoms. The molecule has 5 aromatic rings. The van der Waals surface area contributed by atoms with E-state index >= 15 is 0 Å². The number of rotatable bonds is 12. The van der Waals surface area contributed by atoms with E-state index in [1.54, 1.807) is 0 Å². The maximum Gasteiger partial charge on any atom is 0.224 e. The number of aromatic nitrogens is 2. The number of para-hydroxylation sites is 2. The summed E-state index contributed by atoms with van der Waals surface area (Å²) in [5.41, 5.74) is 6.75. The lowest BCUT2D eigenvalue weighted by Crippen LogP contribution is -2.26. The molecule has 5 rings (SSSR count). The highest BCUT2D eigenvalue weighted by Gasteiger charge is 2.11. The minimum atomic E-state index is 0.0402. The van der Waals surface area contributed by atoms with Gasteiger partial charge in [-0.15, -0.1) is 0 Å². The second-order valence-corrected chi connectivity index (χ2v) is 9.71. The van der Waals surface area contributed by atoms with E-state index < -0.39 is 0 Å². The number of hydrogen-bond acceptors (Lipinski definition) is 3. The molecule has 0 aliphatic carbocycles. The van der Waals surface area contributed by atoms with Gasteiger partial charge < -0.3 is 14.6 Å². The molecule has 0 bridgehead atoms. The van der Waals surface area contributed by atoms with Crippen LogP contribution in [0.25, 0.3) is 22.2 Å². The van der Waals surface area contributed by atoms with Crippen molar-refractivity contribution in [1.29, 1.82) is 0 Å². The first-order valence-corrected chi connectivity index (χ1v) is 13.8. The van der Waals surface area contributed by atoms with Crippen LogP contribution in [0.15, 0.2) is 103 Å². The molecule has 1 aromatic heterocycles. The second kappa shape index (κ2) is 12.9. The van der Waals surface area contributed by atoms with Crippen molar-refractivity contribution in [3.63, 3.8) is 0 Å². The fraction of sp³-hybridized carbons (Fsp3) is 0.235. The monoisotopic (exact) mass is 517 g/mol. The number of aryl methyl sites for hydroxylation is 2. The maximum absolute atomic E-state index is 12.6. The number of nitrogens with zero attached hydrogens (tertiary/aromatic N) is 2. The first-order chi connectivity index (χ1) is 19.2. The van der Waals surface area contributed by atoms with Crippen LogP contribution in [0, 0.1) is 0 Å². The van der Waals surface area contributed by atoms with Crippen molar-refractivity contribution in [2.75, 3.05) is 13.2 Å². The molecule has 4 aromatic carbocycles. The van der Waals surface area contributed by atoms with Crippen LogP contribution in [-0.4, -0.2) is 28.6 Å². The van der Waals surface area contributed by atoms with Crippen molar-refractivity contribution in [3.05, 3.63) is 120 Å². The minimum Gasteiger partial charge on any atom is -0.492 e. The SMILES string of the molecule is CCc1ccc(OCCn2c(CCCNC(=O)Cc3ccc(-c4ccccc4)cc3)nc3ccccc32)cc1. The number of imidazole rings is 1. The third-order valence-electron chi connectivity index (χ3n) is 6.97. The standard InChI is InChI=1S/C34H35N3O2/c1-2-26-16-20-30(21-17-26)39-24-23-37-32-12-7-6-11-31(32)36-33(37)13-8-22-35-34(38)25-27-14-18-29(19-15-27)28-9-4-3-5-10-28/h3-7,9-12,14-21H,2,8,13,22-25H2,1H3,(H,35,38). The number of carbonyl (C=O) groups excluding carboxylic acids is 1. The number of nitrogens with one attached hydrogen (secondary N) is 1. The largest absolute Gasteiger partial charge is 0.492 e. The maximum atomic E-state index is 12.6. The van der Waals surface area contributed by atoms with E-state index in [1.165, 1.54) is 11.1 Å². The Morgan fingerprint density at radius 2 is 1.51 bits per heavy atom. The summed E-state index contributed by atoms with van der Waals surface area (Å²) in [5, 5.41) is 3.07. The highest BCUT2D eigenvalue weighted by molar-refractivity contribution is 5.79. The van der Waals surface area contributed by atoms with Gasteiger partial charge in [-0.25, -0.2) is 4.98 Å². The zero-order valence-corrected chi connectivity index (χ0v) is 22.5. The summed E-state index contributed by atoms with van der Waals surface area (Å²) in [5.74, 6) is 1.95. The van der Waals surface area contributed by atoms with Gasteiger partial charge in [0.1, 0.15) is 18.2 Å². The quantitative estimate of drug-likeness (QED) is 0.189. The van der Waals surface area contributed by atoms with Crippen LogP contribution >= 0.6 is 0 Å². The first-order valence-electron chi connectivity index (χ1n) is 13.8. The number of benzene rings is 4. The summed E-state index contributed by atoms with van der Waals surface area (Å²) in [6.45, 7) is 4.05. The summed E-state index contributed by atoms with van der Waals surface area (Å²) in [7, 11) is 0. The van der Waals surface area contributed by atoms with E-state index in [-0.39, 0.29) is 5.91 Å². The van der Waals surface area contributed by atoms with Crippen LogP contribution in [0.5, 0.6) is 5.75 Å². The highest BCUT2D eigenvalue weighted by atomic mass is 16.5. The van der Waals surface area contributed by atoms with Crippen LogP contribution < -0.4 is 10.1 Å². The van der Waals surface area contributed by atoms with Gasteiger partial charge in [-0.1, -0.05) is 85.8 Å². The van der Waals surface area contributed by atoms with Crippen LogP contribution in [0.1, 0.15) is 30.3 Å². The normalized spacial score (nSPS) is 11.0. The molecule has 198 valence electrons. The Morgan fingerprint density at radius 3 is 2.28 bits per heavy atom. The summed E-state index contributed by atoms with van der Waals surface area (Å²) in [4.78, 5) is 17.4. The van der Waals surface area contributed by atoms with Gasteiger partial charge in [0.05, 0.1) is 24.0 Å². The van der Waals surface area contributed by atoms with Gasteiger partial charge in [0.2, 0.25) is 5.91 Å². The van der Waals surface area contributed by atoms with Crippen molar-refractivity contribution in [1.82, 2.24) is 14.9 Å². The van der Waals surface area contributed by atoms with Gasteiger partial charge in [-0.2, -0.15) is 0 Å². The number of fused-ring (bicyclic) bond motifs is 1. The number of carbonyl (C=O) groups is 1. The Kier molecular flexibility index (Phi) is 8.69. The van der Waals surface area contributed by atoms with Gasteiger partial charge in [0.25, 0.3) is 0 Å². The molecule has 1 heterocycles. The van der Waals surface area contributed by atoms with Crippen LogP contribution in [0.2, 0.25) is 0 Å². The predicted molar refractivity (Wildman–Crippen MR) is 158 cm³/mol. The van der Waals surface area contributed by atoms with Crippen LogP contribution in [0.4, 0.5) is 0 Å². The van der Waals surface area contributed by atoms with Gasteiger partial charge in [-0.05, 0) is 59.4 Å². The third kappa shape index (κ3) is 6.94. The lowest BCUT2D eigenvalue weighted by molar-refractivity contribution is -0.120. The molecule has 0 fully saturated rings. The highest BCUT2D eigenvalue weighted by Crippen LogP contribution is 2.20. The van der Waals surface area contributed by atoms with Crippen molar-refractivity contribution in [3.8, 4) is 16.9 Å². The minimum absolute atomic E-state index is 0.0402. The second-order valence-electron chi connectivity index (χ2n) is 9.71. The molecule has 0 aliphatic heterocycles. The van der Waals surface area contributed by atoms with Crippen molar-refractivity contribution < 1.29 is 9.53 Å². The van der Waals surface area contributed by atoms with E-state index in [0.717, 1.165) is 59.5 Å². The van der Waals surface area contributed by atoms with Crippen LogP contribution in [-0.2, 0) is 30.6 Å².